The average molecular weight is 406 g/mol. The molecule has 3 saturated heterocycles. The van der Waals surface area contributed by atoms with Crippen LogP contribution in [-0.2, 0) is 9.47 Å². The Morgan fingerprint density at radius 3 is 2.57 bits per heavy atom. The Morgan fingerprint density at radius 2 is 1.93 bits per heavy atom. The molecule has 8 heteroatoms. The monoisotopic (exact) mass is 406 g/mol. The van der Waals surface area contributed by atoms with Gasteiger partial charge < -0.3 is 18.9 Å². The first-order valence-corrected chi connectivity index (χ1v) is 9.99. The number of rotatable bonds is 4. The van der Waals surface area contributed by atoms with Crippen molar-refractivity contribution in [2.24, 2.45) is 16.7 Å². The van der Waals surface area contributed by atoms with Crippen LogP contribution in [0.25, 0.3) is 0 Å². The van der Waals surface area contributed by atoms with Crippen molar-refractivity contribution in [3.8, 4) is 29.7 Å². The fraction of sp³-hybridized carbons (Fsp3) is 0.545. The average Bonchev–Trinajstić information content (AvgIpc) is 2.77. The molecule has 4 aliphatic rings. The highest BCUT2D eigenvalue weighted by molar-refractivity contribution is 5.89. The van der Waals surface area contributed by atoms with E-state index in [0.717, 1.165) is 12.8 Å². The SMILES string of the molecule is CCOc1ccc([C@H]2O[C@]34CCCC[C@@H]3C(C#N)(C#N)[C@@]2(C#N)C(=N)O4)cc1OC. The molecule has 3 aliphatic heterocycles. The molecule has 8 nitrogen and oxygen atoms in total. The summed E-state index contributed by atoms with van der Waals surface area (Å²) in [6, 6.07) is 11.5. The molecule has 0 aromatic heterocycles. The van der Waals surface area contributed by atoms with E-state index in [1.807, 2.05) is 6.92 Å². The molecule has 154 valence electrons. The Labute approximate surface area is 175 Å². The molecule has 1 N–H and O–H groups in total. The second-order valence-corrected chi connectivity index (χ2v) is 7.83. The minimum atomic E-state index is -1.89. The van der Waals surface area contributed by atoms with E-state index < -0.39 is 28.6 Å². The van der Waals surface area contributed by atoms with E-state index in [1.54, 1.807) is 18.2 Å². The van der Waals surface area contributed by atoms with Crippen molar-refractivity contribution >= 4 is 5.90 Å². The number of benzene rings is 1. The highest BCUT2D eigenvalue weighted by Gasteiger charge is 2.80. The number of hydrogen-bond acceptors (Lipinski definition) is 8. The molecule has 3 heterocycles. The first kappa shape index (κ1) is 20.0. The number of nitrogens with one attached hydrogen (secondary N) is 1. The minimum absolute atomic E-state index is 0.379. The van der Waals surface area contributed by atoms with Gasteiger partial charge in [0.15, 0.2) is 22.3 Å². The quantitative estimate of drug-likeness (QED) is 0.807. The van der Waals surface area contributed by atoms with Crippen LogP contribution in [0.1, 0.15) is 44.3 Å². The van der Waals surface area contributed by atoms with E-state index in [2.05, 4.69) is 18.2 Å². The summed E-state index contributed by atoms with van der Waals surface area (Å²) in [7, 11) is 1.51. The van der Waals surface area contributed by atoms with E-state index in [4.69, 9.17) is 24.4 Å². The molecule has 30 heavy (non-hydrogen) atoms. The molecule has 4 atom stereocenters. The van der Waals surface area contributed by atoms with E-state index in [9.17, 15) is 15.8 Å². The van der Waals surface area contributed by atoms with Gasteiger partial charge >= 0.3 is 0 Å². The van der Waals surface area contributed by atoms with Gasteiger partial charge in [-0.3, -0.25) is 5.41 Å². The molecule has 0 amide bonds. The molecule has 5 rings (SSSR count). The topological polar surface area (TPSA) is 132 Å². The maximum atomic E-state index is 10.3. The Balaban J connectivity index is 1.94. The molecule has 0 unspecified atom stereocenters. The van der Waals surface area contributed by atoms with Crippen molar-refractivity contribution in [1.29, 1.82) is 21.2 Å². The number of ether oxygens (including phenoxy) is 4. The molecule has 1 saturated carbocycles. The Morgan fingerprint density at radius 1 is 1.17 bits per heavy atom. The summed E-state index contributed by atoms with van der Waals surface area (Å²) < 4.78 is 23.3. The van der Waals surface area contributed by atoms with Gasteiger partial charge in [0.05, 0.1) is 37.8 Å². The fourth-order valence-electron chi connectivity index (χ4n) is 5.26. The fourth-order valence-corrected chi connectivity index (χ4v) is 5.26. The minimum Gasteiger partial charge on any atom is -0.493 e. The maximum absolute atomic E-state index is 10.3. The van der Waals surface area contributed by atoms with Crippen LogP contribution in [0.4, 0.5) is 0 Å². The van der Waals surface area contributed by atoms with Crippen molar-refractivity contribution < 1.29 is 18.9 Å². The zero-order chi connectivity index (χ0) is 21.6. The van der Waals surface area contributed by atoms with Gasteiger partial charge in [-0.1, -0.05) is 12.5 Å². The lowest BCUT2D eigenvalue weighted by Crippen LogP contribution is -2.73. The summed E-state index contributed by atoms with van der Waals surface area (Å²) in [6.07, 6.45) is 1.55. The Kier molecular flexibility index (Phi) is 4.60. The van der Waals surface area contributed by atoms with Crippen LogP contribution in [-0.4, -0.2) is 25.4 Å². The molecule has 1 spiro atoms. The van der Waals surface area contributed by atoms with Gasteiger partial charge in [-0.25, -0.2) is 0 Å². The van der Waals surface area contributed by atoms with E-state index in [0.29, 0.717) is 36.5 Å². The zero-order valence-corrected chi connectivity index (χ0v) is 16.9. The summed E-state index contributed by atoms with van der Waals surface area (Å²) in [5, 5.41) is 39.4. The van der Waals surface area contributed by atoms with E-state index in [1.165, 1.54) is 7.11 Å². The summed E-state index contributed by atoms with van der Waals surface area (Å²) in [5.74, 6) is -1.28. The number of methoxy groups -OCH3 is 1. The molecule has 1 aliphatic carbocycles. The molecular weight excluding hydrogens is 384 g/mol. The van der Waals surface area contributed by atoms with Crippen molar-refractivity contribution in [2.45, 2.75) is 44.5 Å². The molecule has 2 bridgehead atoms. The predicted molar refractivity (Wildman–Crippen MR) is 103 cm³/mol. The van der Waals surface area contributed by atoms with Crippen molar-refractivity contribution in [3.63, 3.8) is 0 Å². The summed E-state index contributed by atoms with van der Waals surface area (Å²) in [6.45, 7) is 2.31. The number of fused-ring (bicyclic) bond motifs is 2. The van der Waals surface area contributed by atoms with Crippen LogP contribution in [0.15, 0.2) is 18.2 Å². The summed E-state index contributed by atoms with van der Waals surface area (Å²) >= 11 is 0. The highest BCUT2D eigenvalue weighted by atomic mass is 16.7. The molecule has 1 aromatic carbocycles. The molecule has 0 radical (unpaired) electrons. The van der Waals surface area contributed by atoms with Gasteiger partial charge in [0, 0.05) is 6.42 Å². The van der Waals surface area contributed by atoms with E-state index >= 15 is 0 Å². The Hall–Kier alpha value is -3.28. The van der Waals surface area contributed by atoms with E-state index in [-0.39, 0.29) is 5.90 Å². The van der Waals surface area contributed by atoms with Gasteiger partial charge in [0.2, 0.25) is 11.7 Å². The van der Waals surface area contributed by atoms with Gasteiger partial charge in [-0.15, -0.1) is 0 Å². The number of nitrogens with zero attached hydrogens (tertiary/aromatic N) is 3. The molecular formula is C22H22N4O4. The normalized spacial score (nSPS) is 33.2. The van der Waals surface area contributed by atoms with Crippen LogP contribution >= 0.6 is 0 Å². The second kappa shape index (κ2) is 6.90. The molecule has 1 aromatic rings. The maximum Gasteiger partial charge on any atom is 0.218 e. The van der Waals surface area contributed by atoms with Crippen molar-refractivity contribution in [2.75, 3.05) is 13.7 Å². The van der Waals surface area contributed by atoms with Crippen LogP contribution in [0.2, 0.25) is 0 Å². The predicted octanol–water partition coefficient (Wildman–Crippen LogP) is 3.60. The smallest absolute Gasteiger partial charge is 0.218 e. The second-order valence-electron chi connectivity index (χ2n) is 7.83. The van der Waals surface area contributed by atoms with Crippen molar-refractivity contribution in [1.82, 2.24) is 0 Å². The lowest BCUT2D eigenvalue weighted by atomic mass is 9.48. The summed E-state index contributed by atoms with van der Waals surface area (Å²) in [4.78, 5) is 0. The number of hydrogen-bond donors (Lipinski definition) is 1. The zero-order valence-electron chi connectivity index (χ0n) is 16.9. The standard InChI is InChI=1S/C22H22N4O4/c1-3-28-15-8-7-14(10-16(15)27-2)18-21(13-25)19(26)30-22(29-18)9-5-4-6-17(22)20(21,11-23)12-24/h7-8,10,17-18,26H,3-6,9H2,1-2H3/t17-,18-,21-,22+/m1/s1. The lowest BCUT2D eigenvalue weighted by molar-refractivity contribution is -0.360. The molecule has 4 fully saturated rings. The third kappa shape index (κ3) is 2.24. The van der Waals surface area contributed by atoms with Crippen LogP contribution in [0, 0.1) is 56.2 Å². The highest BCUT2D eigenvalue weighted by Crippen LogP contribution is 2.69. The van der Waals surface area contributed by atoms with Crippen LogP contribution in [0.3, 0.4) is 0 Å². The summed E-state index contributed by atoms with van der Waals surface area (Å²) in [5.41, 5.74) is -3.12. The Bertz CT molecular complexity index is 1010. The third-order valence-electron chi connectivity index (χ3n) is 6.61. The largest absolute Gasteiger partial charge is 0.493 e. The third-order valence-corrected chi connectivity index (χ3v) is 6.61. The van der Waals surface area contributed by atoms with Gasteiger partial charge in [-0.05, 0) is 37.5 Å². The lowest BCUT2D eigenvalue weighted by Gasteiger charge is -2.63. The number of nitriles is 3. The van der Waals surface area contributed by atoms with Gasteiger partial charge in [0.25, 0.3) is 0 Å². The first-order valence-electron chi connectivity index (χ1n) is 9.99. The van der Waals surface area contributed by atoms with Crippen molar-refractivity contribution in [3.05, 3.63) is 23.8 Å². The van der Waals surface area contributed by atoms with Crippen LogP contribution < -0.4 is 9.47 Å². The van der Waals surface area contributed by atoms with Gasteiger partial charge in [0.1, 0.15) is 6.10 Å². The van der Waals surface area contributed by atoms with Crippen LogP contribution in [0.5, 0.6) is 11.5 Å². The first-order chi connectivity index (χ1) is 14.5. The van der Waals surface area contributed by atoms with Gasteiger partial charge in [-0.2, -0.15) is 15.8 Å².